The summed E-state index contributed by atoms with van der Waals surface area (Å²) >= 11 is 0. The van der Waals surface area contributed by atoms with Crippen LogP contribution in [0.15, 0.2) is 36.4 Å². The molecule has 2 atom stereocenters. The summed E-state index contributed by atoms with van der Waals surface area (Å²) in [7, 11) is 0. The van der Waals surface area contributed by atoms with E-state index in [-0.39, 0.29) is 11.9 Å². The lowest BCUT2D eigenvalue weighted by Crippen LogP contribution is -2.54. The monoisotopic (exact) mass is 340 g/mol. The second kappa shape index (κ2) is 7.83. The van der Waals surface area contributed by atoms with E-state index in [1.807, 2.05) is 13.0 Å². The lowest BCUT2D eigenvalue weighted by Gasteiger charge is -2.41. The van der Waals surface area contributed by atoms with E-state index in [9.17, 15) is 4.79 Å². The van der Waals surface area contributed by atoms with E-state index in [4.69, 9.17) is 0 Å². The highest BCUT2D eigenvalue weighted by atomic mass is 16.1. The van der Waals surface area contributed by atoms with Crippen molar-refractivity contribution in [2.24, 2.45) is 11.8 Å². The summed E-state index contributed by atoms with van der Waals surface area (Å²) < 4.78 is 0. The predicted molar refractivity (Wildman–Crippen MR) is 99.0 cm³/mol. The molecule has 5 nitrogen and oxygen atoms in total. The van der Waals surface area contributed by atoms with Crippen LogP contribution in [-0.4, -0.2) is 40.1 Å². The summed E-state index contributed by atoms with van der Waals surface area (Å²) in [5.74, 6) is 0.918. The summed E-state index contributed by atoms with van der Waals surface area (Å²) in [6.07, 6.45) is 0.341. The van der Waals surface area contributed by atoms with Crippen LogP contribution in [0.2, 0.25) is 0 Å². The Labute approximate surface area is 149 Å². The molecule has 1 aromatic heterocycles. The molecule has 1 amide bonds. The SMILES string of the molecule is Cc1cc(CC(=O)NC2[C@H](C)CN(Cc3ccccc3)C[C@H]2C)n[nH]1. The van der Waals surface area contributed by atoms with Gasteiger partial charge < -0.3 is 5.32 Å². The molecule has 0 unspecified atom stereocenters. The van der Waals surface area contributed by atoms with Crippen molar-refractivity contribution < 1.29 is 4.79 Å². The molecule has 2 heterocycles. The third-order valence-corrected chi connectivity index (χ3v) is 5.00. The maximum Gasteiger partial charge on any atom is 0.226 e. The lowest BCUT2D eigenvalue weighted by atomic mass is 9.85. The molecule has 0 bridgehead atoms. The molecule has 0 spiro atoms. The molecule has 1 saturated heterocycles. The number of amides is 1. The highest BCUT2D eigenvalue weighted by Gasteiger charge is 2.32. The maximum atomic E-state index is 12.4. The molecule has 3 rings (SSSR count). The van der Waals surface area contributed by atoms with Crippen LogP contribution in [-0.2, 0) is 17.8 Å². The first-order chi connectivity index (χ1) is 12.0. The zero-order valence-electron chi connectivity index (χ0n) is 15.3. The highest BCUT2D eigenvalue weighted by Crippen LogP contribution is 2.23. The molecule has 0 radical (unpaired) electrons. The summed E-state index contributed by atoms with van der Waals surface area (Å²) in [5.41, 5.74) is 3.13. The average Bonchev–Trinajstić information content (AvgIpc) is 2.97. The summed E-state index contributed by atoms with van der Waals surface area (Å²) in [6, 6.07) is 12.7. The number of aromatic amines is 1. The Morgan fingerprint density at radius 3 is 2.52 bits per heavy atom. The number of H-pyrrole nitrogens is 1. The quantitative estimate of drug-likeness (QED) is 0.879. The van der Waals surface area contributed by atoms with Crippen molar-refractivity contribution in [1.82, 2.24) is 20.4 Å². The number of nitrogens with zero attached hydrogens (tertiary/aromatic N) is 2. The second-order valence-electron chi connectivity index (χ2n) is 7.45. The van der Waals surface area contributed by atoms with Gasteiger partial charge in [0.25, 0.3) is 0 Å². The van der Waals surface area contributed by atoms with Crippen molar-refractivity contribution in [3.8, 4) is 0 Å². The van der Waals surface area contributed by atoms with Crippen LogP contribution in [0.3, 0.4) is 0 Å². The van der Waals surface area contributed by atoms with E-state index in [1.54, 1.807) is 0 Å². The summed E-state index contributed by atoms with van der Waals surface area (Å²) in [6.45, 7) is 9.40. The molecule has 2 aromatic rings. The molecular formula is C20H28N4O. The summed E-state index contributed by atoms with van der Waals surface area (Å²) in [4.78, 5) is 14.9. The van der Waals surface area contributed by atoms with Gasteiger partial charge in [-0.25, -0.2) is 0 Å². The largest absolute Gasteiger partial charge is 0.352 e. The van der Waals surface area contributed by atoms with E-state index in [0.717, 1.165) is 31.0 Å². The Morgan fingerprint density at radius 1 is 1.24 bits per heavy atom. The van der Waals surface area contributed by atoms with E-state index in [2.05, 4.69) is 64.6 Å². The molecule has 2 N–H and O–H groups in total. The molecule has 5 heteroatoms. The molecule has 134 valence electrons. The minimum absolute atomic E-state index is 0.0618. The van der Waals surface area contributed by atoms with E-state index in [1.165, 1.54) is 5.56 Å². The normalized spacial score (nSPS) is 22.0. The molecule has 25 heavy (non-hydrogen) atoms. The van der Waals surface area contributed by atoms with Gasteiger partial charge in [-0.05, 0) is 30.4 Å². The Balaban J connectivity index is 1.54. The van der Waals surface area contributed by atoms with E-state index in [0.29, 0.717) is 18.3 Å². The predicted octanol–water partition coefficient (Wildman–Crippen LogP) is 2.53. The Bertz CT molecular complexity index is 685. The average molecular weight is 340 g/mol. The number of hydrogen-bond acceptors (Lipinski definition) is 3. The number of hydrogen-bond donors (Lipinski definition) is 2. The maximum absolute atomic E-state index is 12.4. The van der Waals surface area contributed by atoms with E-state index < -0.39 is 0 Å². The third-order valence-electron chi connectivity index (χ3n) is 5.00. The van der Waals surface area contributed by atoms with Crippen LogP contribution < -0.4 is 5.32 Å². The van der Waals surface area contributed by atoms with Gasteiger partial charge >= 0.3 is 0 Å². The molecule has 1 aliphatic heterocycles. The molecule has 1 aromatic carbocycles. The number of carbonyl (C=O) groups is 1. The van der Waals surface area contributed by atoms with Crippen molar-refractivity contribution in [1.29, 1.82) is 0 Å². The van der Waals surface area contributed by atoms with Gasteiger partial charge in [-0.1, -0.05) is 44.2 Å². The van der Waals surface area contributed by atoms with Gasteiger partial charge in [-0.2, -0.15) is 5.10 Å². The number of benzene rings is 1. The number of carbonyl (C=O) groups excluding carboxylic acids is 1. The zero-order chi connectivity index (χ0) is 17.8. The topological polar surface area (TPSA) is 61.0 Å². The minimum Gasteiger partial charge on any atom is -0.352 e. The van der Waals surface area contributed by atoms with Crippen molar-refractivity contribution in [2.45, 2.75) is 39.8 Å². The fourth-order valence-corrected chi connectivity index (χ4v) is 3.90. The molecule has 0 aliphatic carbocycles. The highest BCUT2D eigenvalue weighted by molar-refractivity contribution is 5.78. The van der Waals surface area contributed by atoms with Crippen LogP contribution in [0.25, 0.3) is 0 Å². The van der Waals surface area contributed by atoms with Crippen molar-refractivity contribution in [2.75, 3.05) is 13.1 Å². The first-order valence-corrected chi connectivity index (χ1v) is 9.08. The number of piperidine rings is 1. The van der Waals surface area contributed by atoms with Gasteiger partial charge in [0.15, 0.2) is 0 Å². The van der Waals surface area contributed by atoms with Crippen molar-refractivity contribution >= 4 is 5.91 Å². The van der Waals surface area contributed by atoms with Gasteiger partial charge in [0.05, 0.1) is 12.1 Å². The first-order valence-electron chi connectivity index (χ1n) is 9.08. The minimum atomic E-state index is 0.0618. The van der Waals surface area contributed by atoms with Crippen molar-refractivity contribution in [3.63, 3.8) is 0 Å². The number of aromatic nitrogens is 2. The van der Waals surface area contributed by atoms with Crippen LogP contribution >= 0.6 is 0 Å². The lowest BCUT2D eigenvalue weighted by molar-refractivity contribution is -0.122. The van der Waals surface area contributed by atoms with Gasteiger partial charge in [0, 0.05) is 31.4 Å². The Morgan fingerprint density at radius 2 is 1.92 bits per heavy atom. The van der Waals surface area contributed by atoms with Gasteiger partial charge in [0.2, 0.25) is 5.91 Å². The van der Waals surface area contributed by atoms with Crippen molar-refractivity contribution in [3.05, 3.63) is 53.3 Å². The Kier molecular flexibility index (Phi) is 5.53. The van der Waals surface area contributed by atoms with E-state index >= 15 is 0 Å². The number of aryl methyl sites for hydroxylation is 1. The standard InChI is InChI=1S/C20H28N4O/c1-14-11-24(13-17-7-5-4-6-8-17)12-15(2)20(14)21-19(25)10-18-9-16(3)22-23-18/h4-9,14-15,20H,10-13H2,1-3H3,(H,21,25)(H,22,23)/t14-,15-/m1/s1. The Hall–Kier alpha value is -2.14. The molecular weight excluding hydrogens is 312 g/mol. The number of rotatable bonds is 5. The number of likely N-dealkylation sites (tertiary alicyclic amines) is 1. The number of nitrogens with one attached hydrogen (secondary N) is 2. The van der Waals surface area contributed by atoms with Crippen LogP contribution in [0, 0.1) is 18.8 Å². The molecule has 0 saturated carbocycles. The van der Waals surface area contributed by atoms with Gasteiger partial charge in [0.1, 0.15) is 0 Å². The summed E-state index contributed by atoms with van der Waals surface area (Å²) in [5, 5.41) is 10.3. The van der Waals surface area contributed by atoms with Crippen LogP contribution in [0.1, 0.15) is 30.8 Å². The smallest absolute Gasteiger partial charge is 0.226 e. The van der Waals surface area contributed by atoms with Gasteiger partial charge in [-0.15, -0.1) is 0 Å². The third kappa shape index (κ3) is 4.69. The molecule has 1 aliphatic rings. The first kappa shape index (κ1) is 17.7. The fourth-order valence-electron chi connectivity index (χ4n) is 3.90. The second-order valence-corrected chi connectivity index (χ2v) is 7.45. The van der Waals surface area contributed by atoms with Gasteiger partial charge in [-0.3, -0.25) is 14.8 Å². The molecule has 1 fully saturated rings. The van der Waals surface area contributed by atoms with Crippen LogP contribution in [0.5, 0.6) is 0 Å². The van der Waals surface area contributed by atoms with Crippen LogP contribution in [0.4, 0.5) is 0 Å². The fraction of sp³-hybridized carbons (Fsp3) is 0.500. The zero-order valence-corrected chi connectivity index (χ0v) is 15.3.